The third-order valence-corrected chi connectivity index (χ3v) is 2.54. The molecule has 0 spiro atoms. The molecule has 0 amide bonds. The highest BCUT2D eigenvalue weighted by Crippen LogP contribution is 2.34. The van der Waals surface area contributed by atoms with Crippen molar-refractivity contribution in [2.45, 2.75) is 18.9 Å². The van der Waals surface area contributed by atoms with Crippen LogP contribution < -0.4 is 5.32 Å². The minimum absolute atomic E-state index is 0.0591. The van der Waals surface area contributed by atoms with Crippen LogP contribution in [0.3, 0.4) is 0 Å². The Morgan fingerprint density at radius 3 is 2.31 bits per heavy atom. The SMILES string of the molecule is O=C(O)C(Nc1cc(F)cc(F)c1)C1CC1. The number of nitrogens with one attached hydrogen (secondary N) is 1. The summed E-state index contributed by atoms with van der Waals surface area (Å²) in [5, 5.41) is 11.6. The lowest BCUT2D eigenvalue weighted by Crippen LogP contribution is -2.31. The van der Waals surface area contributed by atoms with Gasteiger partial charge in [-0.05, 0) is 30.9 Å². The fraction of sp³-hybridized carbons (Fsp3) is 0.364. The standard InChI is InChI=1S/C11H11F2NO2/c12-7-3-8(13)5-9(4-7)14-10(11(15)16)6-1-2-6/h3-6,10,14H,1-2H2,(H,15,16). The Balaban J connectivity index is 2.14. The number of aliphatic carboxylic acids is 1. The van der Waals surface area contributed by atoms with Crippen LogP contribution in [-0.4, -0.2) is 17.1 Å². The van der Waals surface area contributed by atoms with Gasteiger partial charge in [0, 0.05) is 11.8 Å². The van der Waals surface area contributed by atoms with E-state index in [0.29, 0.717) is 0 Å². The second-order valence-electron chi connectivity index (χ2n) is 3.96. The number of rotatable bonds is 4. The van der Waals surface area contributed by atoms with Crippen LogP contribution in [0.2, 0.25) is 0 Å². The number of carboxylic acid groups (broad SMARTS) is 1. The summed E-state index contributed by atoms with van der Waals surface area (Å²) in [6, 6.07) is 2.15. The van der Waals surface area contributed by atoms with Gasteiger partial charge in [0.05, 0.1) is 0 Å². The van der Waals surface area contributed by atoms with Crippen LogP contribution in [0.15, 0.2) is 18.2 Å². The number of hydrogen-bond acceptors (Lipinski definition) is 2. The molecular weight excluding hydrogens is 216 g/mol. The van der Waals surface area contributed by atoms with Crippen molar-refractivity contribution in [3.05, 3.63) is 29.8 Å². The quantitative estimate of drug-likeness (QED) is 0.829. The topological polar surface area (TPSA) is 49.3 Å². The summed E-state index contributed by atoms with van der Waals surface area (Å²) in [7, 11) is 0. The second-order valence-corrected chi connectivity index (χ2v) is 3.96. The first-order valence-corrected chi connectivity index (χ1v) is 5.01. The Labute approximate surface area is 91.1 Å². The predicted molar refractivity (Wildman–Crippen MR) is 54.1 cm³/mol. The first-order valence-electron chi connectivity index (χ1n) is 5.01. The minimum Gasteiger partial charge on any atom is -0.480 e. The fourth-order valence-electron chi connectivity index (χ4n) is 1.63. The molecule has 16 heavy (non-hydrogen) atoms. The smallest absolute Gasteiger partial charge is 0.326 e. The Morgan fingerprint density at radius 1 is 1.31 bits per heavy atom. The van der Waals surface area contributed by atoms with E-state index in [4.69, 9.17) is 5.11 Å². The van der Waals surface area contributed by atoms with Crippen LogP contribution in [0.5, 0.6) is 0 Å². The second kappa shape index (κ2) is 4.08. The van der Waals surface area contributed by atoms with Gasteiger partial charge < -0.3 is 10.4 Å². The highest BCUT2D eigenvalue weighted by Gasteiger charge is 2.36. The van der Waals surface area contributed by atoms with Gasteiger partial charge in [-0.3, -0.25) is 0 Å². The Hall–Kier alpha value is -1.65. The Morgan fingerprint density at radius 2 is 1.88 bits per heavy atom. The molecule has 1 saturated carbocycles. The molecule has 1 aliphatic carbocycles. The van der Waals surface area contributed by atoms with Crippen molar-refractivity contribution in [1.82, 2.24) is 0 Å². The fourth-order valence-corrected chi connectivity index (χ4v) is 1.63. The summed E-state index contributed by atoms with van der Waals surface area (Å²) in [5.41, 5.74) is 0.164. The lowest BCUT2D eigenvalue weighted by molar-refractivity contribution is -0.138. The normalized spacial score (nSPS) is 16.9. The van der Waals surface area contributed by atoms with Gasteiger partial charge >= 0.3 is 5.97 Å². The van der Waals surface area contributed by atoms with Crippen LogP contribution in [-0.2, 0) is 4.79 Å². The van der Waals surface area contributed by atoms with Crippen molar-refractivity contribution in [3.63, 3.8) is 0 Å². The molecule has 0 saturated heterocycles. The predicted octanol–water partition coefficient (Wildman–Crippen LogP) is 2.24. The third kappa shape index (κ3) is 2.48. The van der Waals surface area contributed by atoms with Crippen molar-refractivity contribution < 1.29 is 18.7 Å². The number of carbonyl (C=O) groups is 1. The lowest BCUT2D eigenvalue weighted by atomic mass is 10.1. The molecule has 0 aromatic heterocycles. The van der Waals surface area contributed by atoms with E-state index in [1.165, 1.54) is 0 Å². The summed E-state index contributed by atoms with van der Waals surface area (Å²) in [4.78, 5) is 10.9. The third-order valence-electron chi connectivity index (χ3n) is 2.54. The van der Waals surface area contributed by atoms with Crippen molar-refractivity contribution in [1.29, 1.82) is 0 Å². The molecule has 1 unspecified atom stereocenters. The maximum absolute atomic E-state index is 12.9. The Bertz CT molecular complexity index is 398. The molecule has 1 aromatic carbocycles. The summed E-state index contributed by atoms with van der Waals surface area (Å²) in [6.45, 7) is 0. The molecule has 86 valence electrons. The molecule has 2 N–H and O–H groups in total. The van der Waals surface area contributed by atoms with E-state index >= 15 is 0 Å². The first kappa shape index (κ1) is 10.9. The van der Waals surface area contributed by atoms with Crippen molar-refractivity contribution in [2.24, 2.45) is 5.92 Å². The zero-order valence-corrected chi connectivity index (χ0v) is 8.41. The molecule has 1 atom stereocenters. The van der Waals surface area contributed by atoms with E-state index in [1.807, 2.05) is 0 Å². The number of carboxylic acids is 1. The van der Waals surface area contributed by atoms with Gasteiger partial charge in [-0.1, -0.05) is 0 Å². The molecular formula is C11H11F2NO2. The summed E-state index contributed by atoms with van der Waals surface area (Å²) in [6.07, 6.45) is 1.67. The van der Waals surface area contributed by atoms with Gasteiger partial charge in [0.25, 0.3) is 0 Å². The molecule has 1 aliphatic rings. The van der Waals surface area contributed by atoms with Crippen LogP contribution in [0.1, 0.15) is 12.8 Å². The van der Waals surface area contributed by atoms with Gasteiger partial charge in [0.15, 0.2) is 0 Å². The molecule has 0 bridgehead atoms. The van der Waals surface area contributed by atoms with E-state index in [1.54, 1.807) is 0 Å². The van der Waals surface area contributed by atoms with E-state index in [0.717, 1.165) is 31.0 Å². The molecule has 1 aromatic rings. The monoisotopic (exact) mass is 227 g/mol. The van der Waals surface area contributed by atoms with E-state index in [9.17, 15) is 13.6 Å². The first-order chi connectivity index (χ1) is 7.56. The molecule has 0 aliphatic heterocycles. The van der Waals surface area contributed by atoms with Crippen molar-refractivity contribution >= 4 is 11.7 Å². The van der Waals surface area contributed by atoms with Crippen LogP contribution in [0, 0.1) is 17.6 Å². The van der Waals surface area contributed by atoms with Crippen molar-refractivity contribution in [3.8, 4) is 0 Å². The number of halogens is 2. The molecule has 2 rings (SSSR count). The average molecular weight is 227 g/mol. The molecule has 0 heterocycles. The van der Waals surface area contributed by atoms with Crippen LogP contribution >= 0.6 is 0 Å². The van der Waals surface area contributed by atoms with Gasteiger partial charge in [0.2, 0.25) is 0 Å². The highest BCUT2D eigenvalue weighted by atomic mass is 19.1. The maximum atomic E-state index is 12.9. The zero-order chi connectivity index (χ0) is 11.7. The highest BCUT2D eigenvalue weighted by molar-refractivity contribution is 5.78. The molecule has 3 nitrogen and oxygen atoms in total. The molecule has 5 heteroatoms. The largest absolute Gasteiger partial charge is 0.480 e. The number of hydrogen-bond donors (Lipinski definition) is 2. The van der Waals surface area contributed by atoms with Gasteiger partial charge in [-0.25, -0.2) is 13.6 Å². The minimum atomic E-state index is -0.993. The summed E-state index contributed by atoms with van der Waals surface area (Å²) >= 11 is 0. The van der Waals surface area contributed by atoms with E-state index in [2.05, 4.69) is 5.32 Å². The van der Waals surface area contributed by atoms with E-state index < -0.39 is 23.6 Å². The number of benzene rings is 1. The van der Waals surface area contributed by atoms with Gasteiger partial charge in [0.1, 0.15) is 17.7 Å². The van der Waals surface area contributed by atoms with Crippen LogP contribution in [0.25, 0.3) is 0 Å². The van der Waals surface area contributed by atoms with Crippen molar-refractivity contribution in [2.75, 3.05) is 5.32 Å². The summed E-state index contributed by atoms with van der Waals surface area (Å²) in [5.74, 6) is -2.37. The molecule has 1 fully saturated rings. The lowest BCUT2D eigenvalue weighted by Gasteiger charge is -2.14. The van der Waals surface area contributed by atoms with Gasteiger partial charge in [-0.2, -0.15) is 0 Å². The van der Waals surface area contributed by atoms with Crippen LogP contribution in [0.4, 0.5) is 14.5 Å². The van der Waals surface area contributed by atoms with E-state index in [-0.39, 0.29) is 11.6 Å². The number of anilines is 1. The molecule has 0 radical (unpaired) electrons. The Kier molecular flexibility index (Phi) is 2.77. The zero-order valence-electron chi connectivity index (χ0n) is 8.41. The maximum Gasteiger partial charge on any atom is 0.326 e. The average Bonchev–Trinajstić information content (AvgIpc) is 2.95. The summed E-state index contributed by atoms with van der Waals surface area (Å²) < 4.78 is 25.7. The van der Waals surface area contributed by atoms with Gasteiger partial charge in [-0.15, -0.1) is 0 Å².